The lowest BCUT2D eigenvalue weighted by molar-refractivity contribution is -0.140. The van der Waals surface area contributed by atoms with Crippen LogP contribution in [0.2, 0.25) is 0 Å². The largest absolute Gasteiger partial charge is 0.481 e. The standard InChI is InChI=1S/C12H21N3O4.2C2H6/c1-9(16)13-10(3-4-11(17)18)12(19)15-7-5-14(2)6-8-15;2*1-2/h10H,3-8H2,1-2H3,(H,13,16)(H,17,18);2*1-2H3. The first-order chi connectivity index (χ1) is 10.9. The molecule has 136 valence electrons. The summed E-state index contributed by atoms with van der Waals surface area (Å²) >= 11 is 0. The molecule has 1 unspecified atom stereocenters. The number of carboxylic acid groups (broad SMARTS) is 1. The van der Waals surface area contributed by atoms with Gasteiger partial charge >= 0.3 is 5.97 Å². The van der Waals surface area contributed by atoms with E-state index < -0.39 is 12.0 Å². The molecule has 1 atom stereocenters. The predicted octanol–water partition coefficient (Wildman–Crippen LogP) is 1.18. The molecule has 0 radical (unpaired) electrons. The molecule has 7 heteroatoms. The van der Waals surface area contributed by atoms with Crippen molar-refractivity contribution >= 4 is 17.8 Å². The molecule has 1 heterocycles. The van der Waals surface area contributed by atoms with Gasteiger partial charge in [-0.15, -0.1) is 0 Å². The first-order valence-corrected chi connectivity index (χ1v) is 8.36. The van der Waals surface area contributed by atoms with E-state index in [0.717, 1.165) is 13.1 Å². The third-order valence-corrected chi connectivity index (χ3v) is 3.14. The van der Waals surface area contributed by atoms with Crippen LogP contribution in [0.25, 0.3) is 0 Å². The van der Waals surface area contributed by atoms with Crippen molar-refractivity contribution in [3.05, 3.63) is 0 Å². The van der Waals surface area contributed by atoms with E-state index in [1.165, 1.54) is 6.92 Å². The number of likely N-dealkylation sites (N-methyl/N-ethyl adjacent to an activating group) is 1. The number of hydrogen-bond acceptors (Lipinski definition) is 4. The van der Waals surface area contributed by atoms with Crippen molar-refractivity contribution in [1.29, 1.82) is 0 Å². The monoisotopic (exact) mass is 331 g/mol. The molecule has 0 aromatic heterocycles. The van der Waals surface area contributed by atoms with Crippen molar-refractivity contribution in [3.8, 4) is 0 Å². The van der Waals surface area contributed by atoms with Crippen LogP contribution in [-0.2, 0) is 14.4 Å². The molecule has 2 N–H and O–H groups in total. The maximum Gasteiger partial charge on any atom is 0.303 e. The van der Waals surface area contributed by atoms with E-state index in [9.17, 15) is 14.4 Å². The second kappa shape index (κ2) is 14.0. The highest BCUT2D eigenvalue weighted by Gasteiger charge is 2.27. The second-order valence-corrected chi connectivity index (χ2v) is 4.81. The number of carbonyl (C=O) groups is 3. The fourth-order valence-electron chi connectivity index (χ4n) is 2.02. The number of carbonyl (C=O) groups excluding carboxylic acids is 2. The average Bonchev–Trinajstić information content (AvgIpc) is 2.55. The van der Waals surface area contributed by atoms with E-state index >= 15 is 0 Å². The lowest BCUT2D eigenvalue weighted by Gasteiger charge is -2.34. The van der Waals surface area contributed by atoms with E-state index in [0.29, 0.717) is 13.1 Å². The summed E-state index contributed by atoms with van der Waals surface area (Å²) in [5.74, 6) is -1.48. The Balaban J connectivity index is 0. The van der Waals surface area contributed by atoms with Crippen LogP contribution < -0.4 is 5.32 Å². The molecule has 2 amide bonds. The van der Waals surface area contributed by atoms with E-state index in [4.69, 9.17) is 5.11 Å². The summed E-state index contributed by atoms with van der Waals surface area (Å²) in [4.78, 5) is 37.7. The van der Waals surface area contributed by atoms with E-state index in [2.05, 4.69) is 10.2 Å². The van der Waals surface area contributed by atoms with Crippen molar-refractivity contribution in [2.24, 2.45) is 0 Å². The SMILES string of the molecule is CC.CC.CC(=O)NC(CCC(=O)O)C(=O)N1CCN(C)CC1. The van der Waals surface area contributed by atoms with Gasteiger partial charge in [0.05, 0.1) is 0 Å². The summed E-state index contributed by atoms with van der Waals surface area (Å²) < 4.78 is 0. The minimum absolute atomic E-state index is 0.125. The molecule has 0 aromatic rings. The number of amides is 2. The van der Waals surface area contributed by atoms with Crippen molar-refractivity contribution < 1.29 is 19.5 Å². The molecule has 0 aliphatic carbocycles. The van der Waals surface area contributed by atoms with Crippen molar-refractivity contribution in [3.63, 3.8) is 0 Å². The summed E-state index contributed by atoms with van der Waals surface area (Å²) in [6.45, 7) is 12.1. The van der Waals surface area contributed by atoms with Crippen LogP contribution >= 0.6 is 0 Å². The molecule has 1 rings (SSSR count). The highest BCUT2D eigenvalue weighted by atomic mass is 16.4. The van der Waals surface area contributed by atoms with Gasteiger partial charge in [-0.2, -0.15) is 0 Å². The normalized spacial score (nSPS) is 15.3. The molecule has 0 saturated carbocycles. The molecule has 1 aliphatic heterocycles. The Morgan fingerprint density at radius 2 is 1.52 bits per heavy atom. The molecule has 0 aromatic carbocycles. The first kappa shape index (κ1) is 23.6. The van der Waals surface area contributed by atoms with Crippen LogP contribution in [0.5, 0.6) is 0 Å². The Hall–Kier alpha value is -1.63. The number of carboxylic acids is 1. The average molecular weight is 331 g/mol. The molecule has 23 heavy (non-hydrogen) atoms. The fraction of sp³-hybridized carbons (Fsp3) is 0.812. The van der Waals surface area contributed by atoms with Gasteiger partial charge in [0.1, 0.15) is 6.04 Å². The van der Waals surface area contributed by atoms with Crippen LogP contribution in [0.15, 0.2) is 0 Å². The molecule has 7 nitrogen and oxygen atoms in total. The molecule has 0 bridgehead atoms. The van der Waals surface area contributed by atoms with E-state index in [-0.39, 0.29) is 24.7 Å². The summed E-state index contributed by atoms with van der Waals surface area (Å²) in [6.07, 6.45) is -0.00941. The molecule has 1 aliphatic rings. The van der Waals surface area contributed by atoms with Gasteiger partial charge in [0.25, 0.3) is 0 Å². The number of nitrogens with zero attached hydrogens (tertiary/aromatic N) is 2. The number of hydrogen-bond donors (Lipinski definition) is 2. The highest BCUT2D eigenvalue weighted by Crippen LogP contribution is 2.07. The van der Waals surface area contributed by atoms with Crippen LogP contribution in [-0.4, -0.2) is 72.0 Å². The second-order valence-electron chi connectivity index (χ2n) is 4.81. The number of rotatable bonds is 5. The van der Waals surface area contributed by atoms with Gasteiger partial charge in [-0.1, -0.05) is 27.7 Å². The van der Waals surface area contributed by atoms with Gasteiger partial charge in [-0.25, -0.2) is 0 Å². The summed E-state index contributed by atoms with van der Waals surface area (Å²) in [6, 6.07) is -0.739. The number of aliphatic carboxylic acids is 1. The topological polar surface area (TPSA) is 89.9 Å². The van der Waals surface area contributed by atoms with Crippen LogP contribution in [0.4, 0.5) is 0 Å². The lowest BCUT2D eigenvalue weighted by atomic mass is 10.1. The van der Waals surface area contributed by atoms with Crippen LogP contribution in [0.1, 0.15) is 47.5 Å². The minimum Gasteiger partial charge on any atom is -0.481 e. The maximum absolute atomic E-state index is 12.3. The fourth-order valence-corrected chi connectivity index (χ4v) is 2.02. The van der Waals surface area contributed by atoms with Crippen LogP contribution in [0.3, 0.4) is 0 Å². The number of piperazine rings is 1. The first-order valence-electron chi connectivity index (χ1n) is 8.36. The quantitative estimate of drug-likeness (QED) is 0.789. The highest BCUT2D eigenvalue weighted by molar-refractivity contribution is 5.87. The molecular weight excluding hydrogens is 298 g/mol. The van der Waals surface area contributed by atoms with E-state index in [1.807, 2.05) is 34.7 Å². The number of nitrogens with one attached hydrogen (secondary N) is 1. The predicted molar refractivity (Wildman–Crippen MR) is 91.2 cm³/mol. The zero-order chi connectivity index (χ0) is 18.4. The zero-order valence-corrected chi connectivity index (χ0v) is 15.4. The summed E-state index contributed by atoms with van der Waals surface area (Å²) in [7, 11) is 1.98. The zero-order valence-electron chi connectivity index (χ0n) is 15.4. The molecule has 1 saturated heterocycles. The van der Waals surface area contributed by atoms with E-state index in [1.54, 1.807) is 4.90 Å². The van der Waals surface area contributed by atoms with Gasteiger partial charge in [-0.05, 0) is 13.5 Å². The summed E-state index contributed by atoms with van der Waals surface area (Å²) in [5.41, 5.74) is 0. The maximum atomic E-state index is 12.3. The molecule has 1 fully saturated rings. The molecule has 0 spiro atoms. The molecular formula is C16H33N3O4. The smallest absolute Gasteiger partial charge is 0.303 e. The third kappa shape index (κ3) is 10.7. The van der Waals surface area contributed by atoms with Gasteiger partial charge in [0.15, 0.2) is 0 Å². The van der Waals surface area contributed by atoms with Crippen LogP contribution in [0, 0.1) is 0 Å². The van der Waals surface area contributed by atoms with Gasteiger partial charge < -0.3 is 20.2 Å². The van der Waals surface area contributed by atoms with Gasteiger partial charge in [-0.3, -0.25) is 14.4 Å². The Labute approximate surface area is 140 Å². The Bertz CT molecular complexity index is 353. The minimum atomic E-state index is -0.971. The van der Waals surface area contributed by atoms with Crippen molar-refractivity contribution in [2.75, 3.05) is 33.2 Å². The Morgan fingerprint density at radius 1 is 1.04 bits per heavy atom. The van der Waals surface area contributed by atoms with Crippen molar-refractivity contribution in [1.82, 2.24) is 15.1 Å². The van der Waals surface area contributed by atoms with Gasteiger partial charge in [0, 0.05) is 39.5 Å². The van der Waals surface area contributed by atoms with Crippen molar-refractivity contribution in [2.45, 2.75) is 53.5 Å². The summed E-state index contributed by atoms with van der Waals surface area (Å²) in [5, 5.41) is 11.2. The Kier molecular flexibility index (Phi) is 14.4. The van der Waals surface area contributed by atoms with Gasteiger partial charge in [0.2, 0.25) is 11.8 Å². The lowest BCUT2D eigenvalue weighted by Crippen LogP contribution is -2.54. The Morgan fingerprint density at radius 3 is 1.91 bits per heavy atom. The third-order valence-electron chi connectivity index (χ3n) is 3.14.